The van der Waals surface area contributed by atoms with Gasteiger partial charge in [0, 0.05) is 0 Å². The number of benzene rings is 1. The third-order valence-electron chi connectivity index (χ3n) is 2.76. The van der Waals surface area contributed by atoms with E-state index in [9.17, 15) is 4.79 Å². The van der Waals surface area contributed by atoms with Crippen LogP contribution in [0.2, 0.25) is 0 Å². The maximum atomic E-state index is 11.3. The second-order valence-corrected chi connectivity index (χ2v) is 3.93. The van der Waals surface area contributed by atoms with Crippen LogP contribution >= 0.6 is 0 Å². The molecule has 3 nitrogen and oxygen atoms in total. The zero-order chi connectivity index (χ0) is 12.8. The van der Waals surface area contributed by atoms with E-state index in [0.29, 0.717) is 0 Å². The molecule has 0 aliphatic rings. The number of carbonyl (C=O) groups is 1. The second kappa shape index (κ2) is 6.28. The summed E-state index contributed by atoms with van der Waals surface area (Å²) in [7, 11) is 1.37. The first-order valence-corrected chi connectivity index (χ1v) is 5.98. The van der Waals surface area contributed by atoms with Crippen LogP contribution in [0.15, 0.2) is 18.2 Å². The van der Waals surface area contributed by atoms with Crippen molar-refractivity contribution in [2.24, 2.45) is 0 Å². The molecule has 0 saturated heterocycles. The van der Waals surface area contributed by atoms with Crippen LogP contribution in [0.3, 0.4) is 0 Å². The molecule has 0 amide bonds. The quantitative estimate of drug-likeness (QED) is 0.737. The Hall–Kier alpha value is -1.51. The van der Waals surface area contributed by atoms with Crippen LogP contribution in [0, 0.1) is 0 Å². The lowest BCUT2D eigenvalue weighted by Gasteiger charge is -2.16. The van der Waals surface area contributed by atoms with Gasteiger partial charge in [-0.05, 0) is 37.0 Å². The topological polar surface area (TPSA) is 35.5 Å². The third-order valence-corrected chi connectivity index (χ3v) is 2.76. The Balaban J connectivity index is 2.91. The van der Waals surface area contributed by atoms with Crippen LogP contribution in [0.5, 0.6) is 5.75 Å². The van der Waals surface area contributed by atoms with E-state index in [0.717, 1.165) is 24.2 Å². The van der Waals surface area contributed by atoms with Crippen molar-refractivity contribution < 1.29 is 14.3 Å². The van der Waals surface area contributed by atoms with E-state index in [4.69, 9.17) is 4.74 Å². The fourth-order valence-electron chi connectivity index (χ4n) is 1.63. The van der Waals surface area contributed by atoms with Crippen LogP contribution in [0.4, 0.5) is 0 Å². The molecule has 1 aromatic carbocycles. The highest BCUT2D eigenvalue weighted by atomic mass is 16.6. The molecule has 94 valence electrons. The summed E-state index contributed by atoms with van der Waals surface area (Å²) in [6.07, 6.45) is 1.26. The molecular formula is C14H20O3. The Kier molecular flexibility index (Phi) is 5.01. The van der Waals surface area contributed by atoms with Gasteiger partial charge in [-0.3, -0.25) is 0 Å². The summed E-state index contributed by atoms with van der Waals surface area (Å²) in [4.78, 5) is 11.3. The van der Waals surface area contributed by atoms with Gasteiger partial charge in [0.1, 0.15) is 5.75 Å². The van der Waals surface area contributed by atoms with Crippen LogP contribution < -0.4 is 4.74 Å². The molecule has 3 heteroatoms. The Morgan fingerprint density at radius 2 is 2.00 bits per heavy atom. The minimum Gasteiger partial charge on any atom is -0.479 e. The van der Waals surface area contributed by atoms with Crippen molar-refractivity contribution >= 4 is 5.97 Å². The van der Waals surface area contributed by atoms with Crippen molar-refractivity contribution in [1.82, 2.24) is 0 Å². The number of carbonyl (C=O) groups excluding carboxylic acids is 1. The van der Waals surface area contributed by atoms with E-state index >= 15 is 0 Å². The van der Waals surface area contributed by atoms with Gasteiger partial charge in [0.25, 0.3) is 0 Å². The number of hydrogen-bond donors (Lipinski definition) is 0. The van der Waals surface area contributed by atoms with Gasteiger partial charge in [-0.25, -0.2) is 4.79 Å². The summed E-state index contributed by atoms with van der Waals surface area (Å²) in [5.74, 6) is 0.429. The summed E-state index contributed by atoms with van der Waals surface area (Å²) in [5, 5.41) is 0. The van der Waals surface area contributed by atoms with Crippen LogP contribution in [-0.4, -0.2) is 19.2 Å². The molecule has 0 bridgehead atoms. The van der Waals surface area contributed by atoms with E-state index in [1.807, 2.05) is 6.07 Å². The number of methoxy groups -OCH3 is 1. The Bertz CT molecular complexity index is 385. The van der Waals surface area contributed by atoms with E-state index in [1.165, 1.54) is 12.7 Å². The van der Waals surface area contributed by atoms with Gasteiger partial charge in [-0.1, -0.05) is 26.0 Å². The molecule has 0 heterocycles. The predicted molar refractivity (Wildman–Crippen MR) is 67.3 cm³/mol. The molecule has 0 radical (unpaired) electrons. The summed E-state index contributed by atoms with van der Waals surface area (Å²) >= 11 is 0. The van der Waals surface area contributed by atoms with Gasteiger partial charge in [-0.2, -0.15) is 0 Å². The Morgan fingerprint density at radius 1 is 1.29 bits per heavy atom. The van der Waals surface area contributed by atoms with Crippen molar-refractivity contribution in [3.63, 3.8) is 0 Å². The molecule has 1 atom stereocenters. The molecule has 0 fully saturated rings. The smallest absolute Gasteiger partial charge is 0.346 e. The number of hydrogen-bond acceptors (Lipinski definition) is 3. The van der Waals surface area contributed by atoms with Crippen LogP contribution in [0.1, 0.15) is 31.9 Å². The largest absolute Gasteiger partial charge is 0.479 e. The highest BCUT2D eigenvalue weighted by Crippen LogP contribution is 2.23. The van der Waals surface area contributed by atoms with Gasteiger partial charge in [0.2, 0.25) is 0 Å². The summed E-state index contributed by atoms with van der Waals surface area (Å²) in [6.45, 7) is 5.86. The minimum atomic E-state index is -0.572. The van der Waals surface area contributed by atoms with Gasteiger partial charge in [0.05, 0.1) is 7.11 Å². The van der Waals surface area contributed by atoms with Gasteiger partial charge in [-0.15, -0.1) is 0 Å². The van der Waals surface area contributed by atoms with Gasteiger partial charge < -0.3 is 9.47 Å². The van der Waals surface area contributed by atoms with E-state index in [-0.39, 0.29) is 5.97 Å². The first-order chi connectivity index (χ1) is 8.12. The minimum absolute atomic E-state index is 0.353. The highest BCUT2D eigenvalue weighted by molar-refractivity contribution is 5.74. The van der Waals surface area contributed by atoms with Crippen molar-refractivity contribution in [2.75, 3.05) is 7.11 Å². The monoisotopic (exact) mass is 236 g/mol. The fourth-order valence-corrected chi connectivity index (χ4v) is 1.63. The number of rotatable bonds is 5. The standard InChI is InChI=1S/C14H20O3/c1-5-11-7-8-12(6-2)13(9-11)17-10(3)14(15)16-4/h7-10H,5-6H2,1-4H3. The van der Waals surface area contributed by atoms with E-state index < -0.39 is 6.10 Å². The molecule has 0 N–H and O–H groups in total. The maximum Gasteiger partial charge on any atom is 0.346 e. The summed E-state index contributed by atoms with van der Waals surface area (Å²) in [6, 6.07) is 6.14. The molecule has 1 aromatic rings. The van der Waals surface area contributed by atoms with Crippen LogP contribution in [-0.2, 0) is 22.4 Å². The molecule has 0 saturated carbocycles. The van der Waals surface area contributed by atoms with E-state index in [1.54, 1.807) is 6.92 Å². The molecule has 17 heavy (non-hydrogen) atoms. The van der Waals surface area contributed by atoms with E-state index in [2.05, 4.69) is 30.7 Å². The Labute approximate surface area is 103 Å². The average Bonchev–Trinajstić information content (AvgIpc) is 2.37. The zero-order valence-corrected chi connectivity index (χ0v) is 10.9. The number of esters is 1. The average molecular weight is 236 g/mol. The highest BCUT2D eigenvalue weighted by Gasteiger charge is 2.16. The zero-order valence-electron chi connectivity index (χ0n) is 10.9. The second-order valence-electron chi connectivity index (χ2n) is 3.93. The van der Waals surface area contributed by atoms with Gasteiger partial charge in [0.15, 0.2) is 6.10 Å². The number of aryl methyl sites for hydroxylation is 2. The fraction of sp³-hybridized carbons (Fsp3) is 0.500. The molecule has 1 unspecified atom stereocenters. The third kappa shape index (κ3) is 3.48. The summed E-state index contributed by atoms with van der Waals surface area (Å²) in [5.41, 5.74) is 2.31. The molecule has 0 aliphatic carbocycles. The predicted octanol–water partition coefficient (Wildman–Crippen LogP) is 2.75. The first kappa shape index (κ1) is 13.6. The molecule has 0 aliphatic heterocycles. The molecular weight excluding hydrogens is 216 g/mol. The lowest BCUT2D eigenvalue weighted by atomic mass is 10.1. The number of ether oxygens (including phenoxy) is 2. The normalized spacial score (nSPS) is 12.0. The Morgan fingerprint density at radius 3 is 2.53 bits per heavy atom. The van der Waals surface area contributed by atoms with Crippen molar-refractivity contribution in [1.29, 1.82) is 0 Å². The van der Waals surface area contributed by atoms with Crippen molar-refractivity contribution in [3.8, 4) is 5.75 Å². The van der Waals surface area contributed by atoms with Gasteiger partial charge >= 0.3 is 5.97 Å². The summed E-state index contributed by atoms with van der Waals surface area (Å²) < 4.78 is 10.3. The SMILES string of the molecule is CCc1ccc(CC)c(OC(C)C(=O)OC)c1. The first-order valence-electron chi connectivity index (χ1n) is 5.98. The molecule has 0 aromatic heterocycles. The molecule has 1 rings (SSSR count). The lowest BCUT2D eigenvalue weighted by molar-refractivity contribution is -0.147. The lowest BCUT2D eigenvalue weighted by Crippen LogP contribution is -2.25. The molecule has 0 spiro atoms. The van der Waals surface area contributed by atoms with Crippen LogP contribution in [0.25, 0.3) is 0 Å². The van der Waals surface area contributed by atoms with Crippen molar-refractivity contribution in [3.05, 3.63) is 29.3 Å². The maximum absolute atomic E-state index is 11.3. The van der Waals surface area contributed by atoms with Crippen molar-refractivity contribution in [2.45, 2.75) is 39.7 Å².